The van der Waals surface area contributed by atoms with Gasteiger partial charge in [-0.2, -0.15) is 5.10 Å². The zero-order chi connectivity index (χ0) is 19.2. The van der Waals surface area contributed by atoms with Crippen LogP contribution in [0.4, 0.5) is 0 Å². The summed E-state index contributed by atoms with van der Waals surface area (Å²) >= 11 is 12.1. The standard InChI is InChI=1S/C20H18Cl2N2O3/c1-25-19-7-3-13(9-20(19)26-2)11-23-24-12-15-5-8-18(27-15)16-6-4-14(21)10-17(16)22/h3-10,12,23H,11H2,1-2H3/b24-12+. The smallest absolute Gasteiger partial charge is 0.161 e. The lowest BCUT2D eigenvalue weighted by Gasteiger charge is -2.09. The zero-order valence-corrected chi connectivity index (χ0v) is 16.3. The Labute approximate surface area is 167 Å². The summed E-state index contributed by atoms with van der Waals surface area (Å²) < 4.78 is 16.3. The fourth-order valence-corrected chi connectivity index (χ4v) is 2.99. The van der Waals surface area contributed by atoms with Crippen LogP contribution >= 0.6 is 23.2 Å². The molecule has 0 saturated heterocycles. The van der Waals surface area contributed by atoms with Gasteiger partial charge in [-0.1, -0.05) is 29.3 Å². The lowest BCUT2D eigenvalue weighted by atomic mass is 10.2. The maximum atomic E-state index is 6.20. The van der Waals surface area contributed by atoms with Crippen LogP contribution in [-0.4, -0.2) is 20.4 Å². The SMILES string of the molecule is COc1ccc(CN/N=C/c2ccc(-c3ccc(Cl)cc3Cl)o2)cc1OC. The number of benzene rings is 2. The molecule has 7 heteroatoms. The van der Waals surface area contributed by atoms with Crippen molar-refractivity contribution in [3.05, 3.63) is 69.9 Å². The van der Waals surface area contributed by atoms with Gasteiger partial charge in [0.2, 0.25) is 0 Å². The molecule has 0 unspecified atom stereocenters. The molecule has 0 atom stereocenters. The highest BCUT2D eigenvalue weighted by Gasteiger charge is 2.08. The molecule has 27 heavy (non-hydrogen) atoms. The normalized spacial score (nSPS) is 11.0. The van der Waals surface area contributed by atoms with Crippen LogP contribution in [0.5, 0.6) is 11.5 Å². The predicted octanol–water partition coefficient (Wildman–Crippen LogP) is 5.39. The number of nitrogens with one attached hydrogen (secondary N) is 1. The summed E-state index contributed by atoms with van der Waals surface area (Å²) in [4.78, 5) is 0. The molecule has 2 aromatic carbocycles. The fourth-order valence-electron chi connectivity index (χ4n) is 2.49. The summed E-state index contributed by atoms with van der Waals surface area (Å²) in [6, 6.07) is 14.6. The van der Waals surface area contributed by atoms with E-state index in [9.17, 15) is 0 Å². The summed E-state index contributed by atoms with van der Waals surface area (Å²) in [5, 5.41) is 5.30. The van der Waals surface area contributed by atoms with E-state index >= 15 is 0 Å². The van der Waals surface area contributed by atoms with E-state index in [1.54, 1.807) is 32.6 Å². The summed E-state index contributed by atoms with van der Waals surface area (Å²) in [5.41, 5.74) is 4.77. The molecule has 0 aliphatic heterocycles. The average Bonchev–Trinajstić information content (AvgIpc) is 3.13. The minimum atomic E-state index is 0.534. The lowest BCUT2D eigenvalue weighted by molar-refractivity contribution is 0.354. The predicted molar refractivity (Wildman–Crippen MR) is 108 cm³/mol. The van der Waals surface area contributed by atoms with Crippen LogP contribution in [0.3, 0.4) is 0 Å². The summed E-state index contributed by atoms with van der Waals surface area (Å²) in [6.07, 6.45) is 1.61. The van der Waals surface area contributed by atoms with Crippen molar-refractivity contribution in [2.75, 3.05) is 14.2 Å². The Morgan fingerprint density at radius 2 is 1.81 bits per heavy atom. The highest BCUT2D eigenvalue weighted by atomic mass is 35.5. The second kappa shape index (κ2) is 8.84. The molecule has 5 nitrogen and oxygen atoms in total. The minimum absolute atomic E-state index is 0.534. The molecule has 0 radical (unpaired) electrons. The van der Waals surface area contributed by atoms with Gasteiger partial charge in [-0.15, -0.1) is 0 Å². The molecule has 1 N–H and O–H groups in total. The molecule has 0 bridgehead atoms. The van der Waals surface area contributed by atoms with Crippen molar-refractivity contribution in [3.8, 4) is 22.8 Å². The van der Waals surface area contributed by atoms with Crippen molar-refractivity contribution < 1.29 is 13.9 Å². The number of halogens is 2. The Hall–Kier alpha value is -2.63. The Kier molecular flexibility index (Phi) is 6.27. The van der Waals surface area contributed by atoms with Crippen LogP contribution in [0.25, 0.3) is 11.3 Å². The van der Waals surface area contributed by atoms with E-state index in [2.05, 4.69) is 10.5 Å². The molecule has 3 aromatic rings. The average molecular weight is 405 g/mol. The van der Waals surface area contributed by atoms with Gasteiger partial charge in [0, 0.05) is 10.6 Å². The number of hydrogen-bond acceptors (Lipinski definition) is 5. The van der Waals surface area contributed by atoms with Gasteiger partial charge in [-0.25, -0.2) is 0 Å². The van der Waals surface area contributed by atoms with Gasteiger partial charge in [0.1, 0.15) is 11.5 Å². The Morgan fingerprint density at radius 1 is 1.00 bits per heavy atom. The van der Waals surface area contributed by atoms with Crippen molar-refractivity contribution in [3.63, 3.8) is 0 Å². The van der Waals surface area contributed by atoms with Gasteiger partial charge in [0.05, 0.1) is 32.0 Å². The molecule has 0 aliphatic rings. The van der Waals surface area contributed by atoms with Crippen molar-refractivity contribution in [1.29, 1.82) is 0 Å². The van der Waals surface area contributed by atoms with Crippen molar-refractivity contribution in [2.45, 2.75) is 6.54 Å². The minimum Gasteiger partial charge on any atom is -0.493 e. The molecule has 1 aromatic heterocycles. The molecule has 0 aliphatic carbocycles. The number of methoxy groups -OCH3 is 2. The lowest BCUT2D eigenvalue weighted by Crippen LogP contribution is -2.05. The largest absolute Gasteiger partial charge is 0.493 e. The third kappa shape index (κ3) is 4.76. The summed E-state index contributed by atoms with van der Waals surface area (Å²) in [5.74, 6) is 2.62. The van der Waals surface area contributed by atoms with E-state index in [0.717, 1.165) is 11.1 Å². The molecule has 3 rings (SSSR count). The van der Waals surface area contributed by atoms with Gasteiger partial charge in [-0.3, -0.25) is 0 Å². The van der Waals surface area contributed by atoms with E-state index in [0.29, 0.717) is 39.6 Å². The molecule has 0 saturated carbocycles. The van der Waals surface area contributed by atoms with Gasteiger partial charge >= 0.3 is 0 Å². The van der Waals surface area contributed by atoms with E-state index in [1.165, 1.54) is 0 Å². The topological polar surface area (TPSA) is 56.0 Å². The first-order valence-electron chi connectivity index (χ1n) is 8.13. The van der Waals surface area contributed by atoms with Crippen LogP contribution < -0.4 is 14.9 Å². The molecule has 140 valence electrons. The summed E-state index contributed by atoms with van der Waals surface area (Å²) in [7, 11) is 3.21. The maximum absolute atomic E-state index is 6.20. The Balaban J connectivity index is 1.62. The first-order chi connectivity index (χ1) is 13.1. The molecule has 1 heterocycles. The van der Waals surface area contributed by atoms with Crippen LogP contribution in [0.1, 0.15) is 11.3 Å². The van der Waals surface area contributed by atoms with Gasteiger partial charge in [0.25, 0.3) is 0 Å². The van der Waals surface area contributed by atoms with E-state index in [4.69, 9.17) is 37.1 Å². The van der Waals surface area contributed by atoms with Crippen LogP contribution in [0.2, 0.25) is 10.0 Å². The highest BCUT2D eigenvalue weighted by molar-refractivity contribution is 6.36. The number of rotatable bonds is 7. The summed E-state index contributed by atoms with van der Waals surface area (Å²) in [6.45, 7) is 0.535. The molecular formula is C20H18Cl2N2O3. The van der Waals surface area contributed by atoms with Crippen molar-refractivity contribution >= 4 is 29.4 Å². The van der Waals surface area contributed by atoms with Gasteiger partial charge in [0.15, 0.2) is 11.5 Å². The van der Waals surface area contributed by atoms with Crippen LogP contribution in [0, 0.1) is 0 Å². The third-order valence-corrected chi connectivity index (χ3v) is 4.39. The maximum Gasteiger partial charge on any atom is 0.161 e. The van der Waals surface area contributed by atoms with E-state index < -0.39 is 0 Å². The number of nitrogens with zero attached hydrogens (tertiary/aromatic N) is 1. The quantitative estimate of drug-likeness (QED) is 0.423. The van der Waals surface area contributed by atoms with Crippen LogP contribution in [0.15, 0.2) is 58.0 Å². The Morgan fingerprint density at radius 3 is 2.56 bits per heavy atom. The third-order valence-electron chi connectivity index (χ3n) is 3.84. The van der Waals surface area contributed by atoms with E-state index in [-0.39, 0.29) is 0 Å². The second-order valence-corrected chi connectivity index (χ2v) is 6.45. The Bertz CT molecular complexity index is 954. The molecule has 0 amide bonds. The fraction of sp³-hybridized carbons (Fsp3) is 0.150. The number of furan rings is 1. The van der Waals surface area contributed by atoms with Crippen molar-refractivity contribution in [1.82, 2.24) is 5.43 Å². The van der Waals surface area contributed by atoms with E-state index in [1.807, 2.05) is 36.4 Å². The molecule has 0 spiro atoms. The first kappa shape index (κ1) is 19.1. The number of ether oxygens (including phenoxy) is 2. The first-order valence-corrected chi connectivity index (χ1v) is 8.88. The van der Waals surface area contributed by atoms with Gasteiger partial charge < -0.3 is 19.3 Å². The zero-order valence-electron chi connectivity index (χ0n) is 14.8. The second-order valence-electron chi connectivity index (χ2n) is 5.61. The highest BCUT2D eigenvalue weighted by Crippen LogP contribution is 2.31. The number of hydrogen-bond donors (Lipinski definition) is 1. The number of hydrazone groups is 1. The monoisotopic (exact) mass is 404 g/mol. The van der Waals surface area contributed by atoms with Crippen LogP contribution in [-0.2, 0) is 6.54 Å². The molecular weight excluding hydrogens is 387 g/mol. The van der Waals surface area contributed by atoms with Gasteiger partial charge in [-0.05, 0) is 48.0 Å². The molecule has 0 fully saturated rings. The van der Waals surface area contributed by atoms with Crippen molar-refractivity contribution in [2.24, 2.45) is 5.10 Å².